The second-order valence-electron chi connectivity index (χ2n) is 31.6. The largest absolute Gasteiger partial charge is 0.497 e. The molecular formula is C106H82N26O8S3. The van der Waals surface area contributed by atoms with E-state index in [2.05, 4.69) is 96.8 Å². The van der Waals surface area contributed by atoms with Gasteiger partial charge in [-0.1, -0.05) is 109 Å². The number of anilines is 1. The Morgan fingerprint density at radius 1 is 0.287 bits per heavy atom. The van der Waals surface area contributed by atoms with Crippen LogP contribution in [0.5, 0.6) is 46.0 Å². The van der Waals surface area contributed by atoms with Crippen molar-refractivity contribution in [1.82, 2.24) is 124 Å². The minimum atomic E-state index is 0.194. The van der Waals surface area contributed by atoms with E-state index in [-0.39, 0.29) is 19.8 Å². The molecule has 702 valence electrons. The molecule has 0 saturated carbocycles. The smallest absolute Gasteiger partial charge is 0.192 e. The maximum absolute atomic E-state index is 6.09. The van der Waals surface area contributed by atoms with Crippen molar-refractivity contribution in [2.75, 3.05) is 40.9 Å². The Morgan fingerprint density at radius 2 is 0.685 bits per heavy atom. The van der Waals surface area contributed by atoms with Crippen LogP contribution in [-0.4, -0.2) is 160 Å². The fourth-order valence-corrected chi connectivity index (χ4v) is 18.0. The highest BCUT2D eigenvalue weighted by Gasteiger charge is 2.21. The molecule has 0 radical (unpaired) electrons. The van der Waals surface area contributed by atoms with Gasteiger partial charge in [-0.25, -0.2) is 0 Å². The van der Waals surface area contributed by atoms with Crippen molar-refractivity contribution in [3.05, 3.63) is 367 Å². The van der Waals surface area contributed by atoms with Crippen LogP contribution in [-0.2, 0) is 32.1 Å². The Hall–Kier alpha value is -18.5. The van der Waals surface area contributed by atoms with Crippen LogP contribution in [0.25, 0.3) is 138 Å². The van der Waals surface area contributed by atoms with Crippen molar-refractivity contribution in [3.8, 4) is 102 Å². The van der Waals surface area contributed by atoms with Gasteiger partial charge in [0.2, 0.25) is 0 Å². The third-order valence-electron chi connectivity index (χ3n) is 22.9. The van der Waals surface area contributed by atoms with Crippen LogP contribution >= 0.6 is 34.4 Å². The lowest BCUT2D eigenvalue weighted by atomic mass is 10.1. The van der Waals surface area contributed by atoms with Gasteiger partial charge in [0.15, 0.2) is 68.9 Å². The maximum atomic E-state index is 6.09. The molecule has 1 N–H and O–H groups in total. The summed E-state index contributed by atoms with van der Waals surface area (Å²) in [6.07, 6.45) is 8.74. The number of hydrogen-bond acceptors (Lipinski definition) is 32. The highest BCUT2D eigenvalue weighted by atomic mass is 32.2. The molecule has 0 aliphatic rings. The fourth-order valence-electron chi connectivity index (χ4n) is 15.7. The van der Waals surface area contributed by atoms with Gasteiger partial charge in [-0.2, -0.15) is 59.4 Å². The van der Waals surface area contributed by atoms with Crippen LogP contribution in [0.4, 0.5) is 5.69 Å². The van der Waals surface area contributed by atoms with Crippen molar-refractivity contribution < 1.29 is 37.9 Å². The van der Waals surface area contributed by atoms with Gasteiger partial charge in [-0.15, -0.1) is 74.1 Å². The van der Waals surface area contributed by atoms with Gasteiger partial charge in [-0.05, 0) is 168 Å². The van der Waals surface area contributed by atoms with Crippen LogP contribution < -0.4 is 43.2 Å². The molecule has 0 atom stereocenters. The summed E-state index contributed by atoms with van der Waals surface area (Å²) in [5, 5.41) is 80.3. The lowest BCUT2D eigenvalue weighted by Gasteiger charge is -2.12. The van der Waals surface area contributed by atoms with E-state index in [9.17, 15) is 0 Å². The predicted molar refractivity (Wildman–Crippen MR) is 548 cm³/mol. The molecule has 0 saturated heterocycles. The van der Waals surface area contributed by atoms with Gasteiger partial charge in [0.1, 0.15) is 60.0 Å². The quantitative estimate of drug-likeness (QED) is 0.0519. The van der Waals surface area contributed by atoms with E-state index in [1.165, 1.54) is 0 Å². The molecule has 0 amide bonds. The van der Waals surface area contributed by atoms with Crippen molar-refractivity contribution in [1.29, 1.82) is 0 Å². The van der Waals surface area contributed by atoms with Gasteiger partial charge in [-0.3, -0.25) is 24.9 Å². The minimum absolute atomic E-state index is 0.194. The zero-order chi connectivity index (χ0) is 96.7. The Balaban J connectivity index is 0.000000106. The number of fused-ring (bicyclic) bond motifs is 10. The van der Waals surface area contributed by atoms with Gasteiger partial charge in [0, 0.05) is 120 Å². The summed E-state index contributed by atoms with van der Waals surface area (Å²) in [5.74, 6) is 9.76. The summed E-state index contributed by atoms with van der Waals surface area (Å²) in [6.45, 7) is 1.19. The first-order valence-electron chi connectivity index (χ1n) is 44.8. The van der Waals surface area contributed by atoms with E-state index in [0.29, 0.717) is 69.6 Å². The van der Waals surface area contributed by atoms with Crippen molar-refractivity contribution in [2.45, 2.75) is 37.0 Å². The van der Waals surface area contributed by atoms with Crippen LogP contribution in [0.15, 0.2) is 343 Å². The van der Waals surface area contributed by atoms with E-state index in [0.717, 1.165) is 167 Å². The average Bonchev–Trinajstić information content (AvgIpc) is 1.74. The molecule has 17 aromatic heterocycles. The summed E-state index contributed by atoms with van der Waals surface area (Å²) in [6, 6.07) is 94.1. The van der Waals surface area contributed by atoms with E-state index in [1.807, 2.05) is 307 Å². The number of thiophene rings is 2. The molecule has 0 aliphatic heterocycles. The fraction of sp³-hybridized carbons (Fsp3) is 0.0943. The Kier molecular flexibility index (Phi) is 26.9. The van der Waals surface area contributed by atoms with Crippen molar-refractivity contribution in [3.63, 3.8) is 0 Å². The zero-order valence-corrected chi connectivity index (χ0v) is 79.5. The first-order valence-corrected chi connectivity index (χ1v) is 47.6. The number of rotatable bonds is 25. The summed E-state index contributed by atoms with van der Waals surface area (Å²) in [7, 11) is 8.13. The molecule has 0 unspecified atom stereocenters. The molecule has 37 heteroatoms. The van der Waals surface area contributed by atoms with Crippen LogP contribution in [0.1, 0.15) is 29.1 Å². The molecule has 0 fully saturated rings. The molecule has 8 aromatic carbocycles. The topological polar surface area (TPSA) is 366 Å². The molecule has 17 heterocycles. The molecule has 25 aromatic rings. The maximum Gasteiger partial charge on any atom is 0.192 e. The van der Waals surface area contributed by atoms with Crippen LogP contribution in [0, 0.1) is 0 Å². The van der Waals surface area contributed by atoms with Gasteiger partial charge < -0.3 is 43.2 Å². The number of benzene rings is 8. The molecule has 143 heavy (non-hydrogen) atoms. The first kappa shape index (κ1) is 91.0. The number of ether oxygens (including phenoxy) is 8. The Labute approximate surface area is 826 Å². The van der Waals surface area contributed by atoms with E-state index in [4.69, 9.17) is 53.2 Å². The lowest BCUT2D eigenvalue weighted by Crippen LogP contribution is -2.07. The minimum Gasteiger partial charge on any atom is -0.497 e. The molecule has 0 spiro atoms. The Morgan fingerprint density at radius 3 is 1.18 bits per heavy atom. The number of methoxy groups -OCH3 is 5. The summed E-state index contributed by atoms with van der Waals surface area (Å²) in [4.78, 5) is 24.3. The first-order chi connectivity index (χ1) is 70.6. The summed E-state index contributed by atoms with van der Waals surface area (Å²) >= 11 is 4.98. The number of hydrogen-bond donors (Lipinski definition) is 1. The highest BCUT2D eigenvalue weighted by molar-refractivity contribution is 7.98. The SMILES string of the molecule is COc1cc2nccc(OCc3nnc4ccc(-c5ccccc5)nn34)c2cc1OC.COc1ccc2c(NCc3nnc4ccc(-c5ccccc5)nn34)ccnc2c1.COc1ccc2c(OCc3nnc4ccc(-c5ccsc5)nn34)ccnc2c1.COc1ccc2c(SCc3nnc4ccc(-c5ccccc5)nn34)ccnc2c1.c1csc(-c2ccc3nnc(COc4ccnc5ccccc45)n3n2)c1. The summed E-state index contributed by atoms with van der Waals surface area (Å²) in [5.41, 5.74) is 17.2. The number of thioether (sulfide) groups is 1. The molecule has 0 aliphatic carbocycles. The predicted octanol–water partition coefficient (Wildman–Crippen LogP) is 20.5. The van der Waals surface area contributed by atoms with Gasteiger partial charge in [0.05, 0.1) is 103 Å². The highest BCUT2D eigenvalue weighted by Crippen LogP contribution is 2.38. The standard InChI is InChI=1S/C23H19N5O3.C22H18N6O.C22H17N5OS.C20H15N5O2S.C19H13N5OS/c1-29-20-12-16-18(13-21(20)30-2)24-11-10-19(16)31-14-23-26-25-22-9-8-17(27-28(22)23)15-6-4-3-5-7-15;1-29-16-7-8-17-19(11-12-23-20(17)13-16)24-14-22-26-25-21-10-9-18(27-28(21)22)15-5-3-2-4-6-15;1-28-16-7-8-17-19(13-16)23-12-11-20(17)29-14-22-25-24-21-10-9-18(26-27(21)22)15-5-3-2-4-6-15;1-26-14-2-3-15-17(10-14)21-8-6-18(15)27-11-20-23-22-19-5-4-16(24-25(19)20)13-7-9-28-12-13;1-2-5-14-13(4-1)16(9-10-20-14)25-12-19-22-21-18-8-7-15(23-24(18)19)17-6-3-11-26-17/h3-13H,14H2,1-2H3;2-13H,14H2,1H3,(H,23,24);2-13H,14H2,1H3;2-10,12H,11H2,1H3;1-11H,12H2. The third kappa shape index (κ3) is 20.2. The van der Waals surface area contributed by atoms with Crippen molar-refractivity contribution in [2.24, 2.45) is 0 Å². The third-order valence-corrected chi connectivity index (χ3v) is 25.5. The average molecular weight is 1940 g/mol. The number of pyridine rings is 5. The van der Waals surface area contributed by atoms with E-state index < -0.39 is 0 Å². The monoisotopic (exact) mass is 1940 g/mol. The molecule has 34 nitrogen and oxygen atoms in total. The lowest BCUT2D eigenvalue weighted by molar-refractivity contribution is 0.296. The number of aromatic nitrogens is 25. The second kappa shape index (κ2) is 42.2. The molecule has 0 bridgehead atoms. The molecular weight excluding hydrogens is 1860 g/mol. The van der Waals surface area contributed by atoms with E-state index >= 15 is 0 Å². The molecule has 25 rings (SSSR count). The summed E-state index contributed by atoms with van der Waals surface area (Å²) < 4.78 is 53.5. The number of nitrogens with zero attached hydrogens (tertiary/aromatic N) is 25. The second-order valence-corrected chi connectivity index (χ2v) is 34.4. The number of nitrogens with one attached hydrogen (secondary N) is 1. The van der Waals surface area contributed by atoms with Crippen LogP contribution in [0.2, 0.25) is 0 Å². The zero-order valence-electron chi connectivity index (χ0n) is 77.0. The normalized spacial score (nSPS) is 11.1. The van der Waals surface area contributed by atoms with E-state index in [1.54, 1.807) is 119 Å². The van der Waals surface area contributed by atoms with Crippen LogP contribution in [0.3, 0.4) is 0 Å². The van der Waals surface area contributed by atoms with Gasteiger partial charge >= 0.3 is 0 Å². The van der Waals surface area contributed by atoms with Crippen molar-refractivity contribution >= 4 is 123 Å². The van der Waals surface area contributed by atoms with Gasteiger partial charge in [0.25, 0.3) is 0 Å². The number of para-hydroxylation sites is 1. The Bertz CT molecular complexity index is 8580.